The molecule has 0 bridgehead atoms. The molecule has 1 fully saturated rings. The van der Waals surface area contributed by atoms with Gasteiger partial charge in [0.2, 0.25) is 10.0 Å². The van der Waals surface area contributed by atoms with Crippen molar-refractivity contribution in [1.82, 2.24) is 14.7 Å². The average Bonchev–Trinajstić information content (AvgIpc) is 3.14. The van der Waals surface area contributed by atoms with Crippen LogP contribution in [-0.4, -0.2) is 44.6 Å². The fourth-order valence-corrected chi connectivity index (χ4v) is 3.77. The highest BCUT2D eigenvalue weighted by atomic mass is 32.2. The zero-order valence-corrected chi connectivity index (χ0v) is 15.1. The lowest BCUT2D eigenvalue weighted by molar-refractivity contribution is 0.583. The van der Waals surface area contributed by atoms with Gasteiger partial charge in [-0.15, -0.1) is 0 Å². The van der Waals surface area contributed by atoms with Crippen LogP contribution in [-0.2, 0) is 10.0 Å². The molecule has 0 radical (unpaired) electrons. The SMILES string of the molecule is Cc1ccc(S(=O)(=O)NCCNc2cc(N3CCCC3)ncn2)cc1. The second-order valence-electron chi connectivity index (χ2n) is 6.09. The van der Waals surface area contributed by atoms with Gasteiger partial charge in [0.25, 0.3) is 0 Å². The number of aromatic nitrogens is 2. The molecule has 1 aliphatic heterocycles. The van der Waals surface area contributed by atoms with Crippen molar-refractivity contribution in [2.75, 3.05) is 36.4 Å². The largest absolute Gasteiger partial charge is 0.369 e. The van der Waals surface area contributed by atoms with Gasteiger partial charge in [-0.25, -0.2) is 23.1 Å². The summed E-state index contributed by atoms with van der Waals surface area (Å²) in [6, 6.07) is 8.69. The van der Waals surface area contributed by atoms with Crippen molar-refractivity contribution in [3.63, 3.8) is 0 Å². The van der Waals surface area contributed by atoms with Crippen LogP contribution in [0.4, 0.5) is 11.6 Å². The van der Waals surface area contributed by atoms with Crippen LogP contribution < -0.4 is 14.9 Å². The maximum absolute atomic E-state index is 12.2. The van der Waals surface area contributed by atoms with Crippen LogP contribution in [0.2, 0.25) is 0 Å². The molecule has 0 atom stereocenters. The predicted molar refractivity (Wildman–Crippen MR) is 98.3 cm³/mol. The topological polar surface area (TPSA) is 87.2 Å². The molecule has 2 heterocycles. The molecule has 2 aromatic rings. The molecule has 25 heavy (non-hydrogen) atoms. The smallest absolute Gasteiger partial charge is 0.240 e. The van der Waals surface area contributed by atoms with Gasteiger partial charge >= 0.3 is 0 Å². The van der Waals surface area contributed by atoms with Gasteiger partial charge in [0.05, 0.1) is 4.90 Å². The maximum Gasteiger partial charge on any atom is 0.240 e. The summed E-state index contributed by atoms with van der Waals surface area (Å²) in [4.78, 5) is 11.0. The minimum atomic E-state index is -3.48. The number of nitrogens with zero attached hydrogens (tertiary/aromatic N) is 3. The average molecular weight is 361 g/mol. The Hall–Kier alpha value is -2.19. The fraction of sp³-hybridized carbons (Fsp3) is 0.412. The van der Waals surface area contributed by atoms with Gasteiger partial charge < -0.3 is 10.2 Å². The monoisotopic (exact) mass is 361 g/mol. The summed E-state index contributed by atoms with van der Waals surface area (Å²) >= 11 is 0. The lowest BCUT2D eigenvalue weighted by Crippen LogP contribution is -2.29. The highest BCUT2D eigenvalue weighted by Crippen LogP contribution is 2.19. The van der Waals surface area contributed by atoms with E-state index in [1.807, 2.05) is 13.0 Å². The quantitative estimate of drug-likeness (QED) is 0.731. The van der Waals surface area contributed by atoms with Gasteiger partial charge in [0.1, 0.15) is 18.0 Å². The summed E-state index contributed by atoms with van der Waals surface area (Å²) in [7, 11) is -3.48. The molecule has 0 unspecified atom stereocenters. The van der Waals surface area contributed by atoms with Gasteiger partial charge in [-0.3, -0.25) is 0 Å². The van der Waals surface area contributed by atoms with Crippen molar-refractivity contribution in [3.8, 4) is 0 Å². The fourth-order valence-electron chi connectivity index (χ4n) is 2.74. The second-order valence-corrected chi connectivity index (χ2v) is 7.86. The van der Waals surface area contributed by atoms with Crippen LogP contribution in [0, 0.1) is 6.92 Å². The van der Waals surface area contributed by atoms with Crippen molar-refractivity contribution in [2.45, 2.75) is 24.7 Å². The summed E-state index contributed by atoms with van der Waals surface area (Å²) in [6.07, 6.45) is 3.91. The first-order valence-corrected chi connectivity index (χ1v) is 9.90. The molecular formula is C17H23N5O2S. The molecule has 1 aliphatic rings. The predicted octanol–water partition coefficient (Wildman–Crippen LogP) is 1.78. The molecule has 0 spiro atoms. The van der Waals surface area contributed by atoms with Crippen molar-refractivity contribution in [2.24, 2.45) is 0 Å². The Morgan fingerprint density at radius 3 is 2.52 bits per heavy atom. The zero-order chi connectivity index (χ0) is 17.7. The number of rotatable bonds is 7. The van der Waals surface area contributed by atoms with Gasteiger partial charge in [-0.2, -0.15) is 0 Å². The third kappa shape index (κ3) is 4.67. The van der Waals surface area contributed by atoms with Crippen LogP contribution in [0.1, 0.15) is 18.4 Å². The van der Waals surface area contributed by atoms with Crippen LogP contribution in [0.5, 0.6) is 0 Å². The lowest BCUT2D eigenvalue weighted by atomic mass is 10.2. The number of anilines is 2. The highest BCUT2D eigenvalue weighted by molar-refractivity contribution is 7.89. The molecular weight excluding hydrogens is 338 g/mol. The van der Waals surface area contributed by atoms with E-state index in [1.54, 1.807) is 24.3 Å². The summed E-state index contributed by atoms with van der Waals surface area (Å²) in [5.41, 5.74) is 1.03. The number of hydrogen-bond donors (Lipinski definition) is 2. The summed E-state index contributed by atoms with van der Waals surface area (Å²) in [5.74, 6) is 1.61. The van der Waals surface area contributed by atoms with Crippen LogP contribution in [0.15, 0.2) is 41.6 Å². The Labute approximate surface area is 148 Å². The first-order chi connectivity index (χ1) is 12.0. The third-order valence-corrected chi connectivity index (χ3v) is 5.61. The van der Waals surface area contributed by atoms with E-state index in [9.17, 15) is 8.42 Å². The molecule has 0 amide bonds. The molecule has 1 aromatic carbocycles. The van der Waals surface area contributed by atoms with E-state index in [4.69, 9.17) is 0 Å². The maximum atomic E-state index is 12.2. The molecule has 0 aliphatic carbocycles. The molecule has 2 N–H and O–H groups in total. The normalized spacial score (nSPS) is 14.7. The van der Waals surface area contributed by atoms with Crippen molar-refractivity contribution >= 4 is 21.7 Å². The molecule has 0 saturated carbocycles. The first kappa shape index (κ1) is 17.6. The number of benzene rings is 1. The van der Waals surface area contributed by atoms with E-state index < -0.39 is 10.0 Å². The van der Waals surface area contributed by atoms with Crippen molar-refractivity contribution in [3.05, 3.63) is 42.2 Å². The van der Waals surface area contributed by atoms with E-state index in [0.717, 1.165) is 24.5 Å². The van der Waals surface area contributed by atoms with Gasteiger partial charge in [-0.05, 0) is 31.9 Å². The zero-order valence-electron chi connectivity index (χ0n) is 14.3. The van der Waals surface area contributed by atoms with Crippen LogP contribution in [0.3, 0.4) is 0 Å². The third-order valence-electron chi connectivity index (χ3n) is 4.14. The number of aryl methyl sites for hydroxylation is 1. The molecule has 1 aromatic heterocycles. The van der Waals surface area contributed by atoms with Crippen LogP contribution >= 0.6 is 0 Å². The number of sulfonamides is 1. The Morgan fingerprint density at radius 2 is 1.80 bits per heavy atom. The molecule has 7 nitrogen and oxygen atoms in total. The second kappa shape index (κ2) is 7.79. The minimum absolute atomic E-state index is 0.274. The van der Waals surface area contributed by atoms with Crippen LogP contribution in [0.25, 0.3) is 0 Å². The Morgan fingerprint density at radius 1 is 1.08 bits per heavy atom. The summed E-state index contributed by atoms with van der Waals surface area (Å²) < 4.78 is 27.0. The van der Waals surface area contributed by atoms with Crippen molar-refractivity contribution < 1.29 is 8.42 Å². The Balaban J connectivity index is 1.51. The Kier molecular flexibility index (Phi) is 5.50. The molecule has 134 valence electrons. The molecule has 8 heteroatoms. The molecule has 3 rings (SSSR count). The summed E-state index contributed by atoms with van der Waals surface area (Å²) in [5, 5.41) is 3.14. The Bertz CT molecular complexity index is 802. The first-order valence-electron chi connectivity index (χ1n) is 8.42. The number of nitrogens with one attached hydrogen (secondary N) is 2. The van der Waals surface area contributed by atoms with E-state index >= 15 is 0 Å². The van der Waals surface area contributed by atoms with E-state index in [0.29, 0.717) is 12.4 Å². The van der Waals surface area contributed by atoms with E-state index in [2.05, 4.69) is 24.9 Å². The van der Waals surface area contributed by atoms with Crippen molar-refractivity contribution in [1.29, 1.82) is 0 Å². The molecule has 1 saturated heterocycles. The summed E-state index contributed by atoms with van der Waals surface area (Å²) in [6.45, 7) is 4.69. The standard InChI is InChI=1S/C17H23N5O2S/c1-14-4-6-15(7-5-14)25(23,24)21-9-8-18-16-12-17(20-13-19-16)22-10-2-3-11-22/h4-7,12-13,21H,2-3,8-11H2,1H3,(H,18,19,20). The van der Waals surface area contributed by atoms with E-state index in [-0.39, 0.29) is 11.4 Å². The van der Waals surface area contributed by atoms with Gasteiger partial charge in [-0.1, -0.05) is 17.7 Å². The lowest BCUT2D eigenvalue weighted by Gasteiger charge is -2.16. The van der Waals surface area contributed by atoms with Gasteiger partial charge in [0.15, 0.2) is 0 Å². The van der Waals surface area contributed by atoms with E-state index in [1.165, 1.54) is 19.2 Å². The minimum Gasteiger partial charge on any atom is -0.369 e. The highest BCUT2D eigenvalue weighted by Gasteiger charge is 2.14. The number of hydrogen-bond acceptors (Lipinski definition) is 6. The van der Waals surface area contributed by atoms with Gasteiger partial charge in [0, 0.05) is 32.2 Å².